The average molecular weight is 1040 g/mol. The van der Waals surface area contributed by atoms with Gasteiger partial charge in [0.15, 0.2) is 0 Å². The molecule has 16 nitrogen and oxygen atoms in total. The summed E-state index contributed by atoms with van der Waals surface area (Å²) in [5.74, 6) is -0.797. The van der Waals surface area contributed by atoms with E-state index in [1.165, 1.54) is 50.7 Å². The van der Waals surface area contributed by atoms with Crippen LogP contribution in [0.3, 0.4) is 0 Å². The summed E-state index contributed by atoms with van der Waals surface area (Å²) in [4.78, 5) is 85.1. The first-order valence-corrected chi connectivity index (χ1v) is 27.2. The van der Waals surface area contributed by atoms with Gasteiger partial charge in [-0.05, 0) is 159 Å². The van der Waals surface area contributed by atoms with Crippen LogP contribution in [0, 0.1) is 11.8 Å². The monoisotopic (exact) mass is 1040 g/mol. The molecule has 0 radical (unpaired) electrons. The number of benzene rings is 4. The number of aryl methyl sites for hydroxylation is 4. The summed E-state index contributed by atoms with van der Waals surface area (Å²) < 4.78 is 20.7. The molecule has 2 saturated heterocycles. The summed E-state index contributed by atoms with van der Waals surface area (Å²) in [7, 11) is 5.48. The van der Waals surface area contributed by atoms with Gasteiger partial charge in [-0.2, -0.15) is 0 Å². The average Bonchev–Trinajstić information content (AvgIpc) is 4.09. The molecule has 4 fully saturated rings. The smallest absolute Gasteiger partial charge is 0.407 e. The predicted octanol–water partition coefficient (Wildman–Crippen LogP) is 8.62. The number of methoxy groups -OCH3 is 4. The van der Waals surface area contributed by atoms with E-state index in [-0.39, 0.29) is 47.5 Å². The van der Waals surface area contributed by atoms with Crippen molar-refractivity contribution in [2.24, 2.45) is 11.8 Å². The Morgan fingerprint density at radius 2 is 0.882 bits per heavy atom. The van der Waals surface area contributed by atoms with Crippen LogP contribution in [0.4, 0.5) is 21.0 Å². The lowest BCUT2D eigenvalue weighted by Crippen LogP contribution is -2.58. The third-order valence-electron chi connectivity index (χ3n) is 17.1. The van der Waals surface area contributed by atoms with E-state index in [0.29, 0.717) is 24.2 Å². The quantitative estimate of drug-likeness (QED) is 0.0950. The number of anilines is 2. The molecule has 0 aromatic heterocycles. The Kier molecular flexibility index (Phi) is 17.1. The van der Waals surface area contributed by atoms with E-state index < -0.39 is 48.6 Å². The molecule has 0 unspecified atom stereocenters. The molecule has 2 aliphatic heterocycles. The van der Waals surface area contributed by atoms with Gasteiger partial charge in [-0.25, -0.2) is 9.59 Å². The maximum Gasteiger partial charge on any atom is 0.407 e. The summed E-state index contributed by atoms with van der Waals surface area (Å²) in [5.41, 5.74) is 10.6. The molecule has 2 heterocycles. The Balaban J connectivity index is 0.872. The van der Waals surface area contributed by atoms with Crippen molar-refractivity contribution in [2.75, 3.05) is 39.1 Å². The van der Waals surface area contributed by atoms with Gasteiger partial charge in [-0.1, -0.05) is 86.3 Å². The van der Waals surface area contributed by atoms with Gasteiger partial charge < -0.3 is 50.0 Å². The van der Waals surface area contributed by atoms with E-state index in [2.05, 4.69) is 81.9 Å². The van der Waals surface area contributed by atoms with Gasteiger partial charge in [0, 0.05) is 37.7 Å². The molecule has 8 aliphatic rings. The fraction of sp³-hybridized carbons (Fsp3) is 0.500. The van der Waals surface area contributed by atoms with Crippen molar-refractivity contribution in [2.45, 2.75) is 152 Å². The molecule has 76 heavy (non-hydrogen) atoms. The first-order chi connectivity index (χ1) is 36.8. The van der Waals surface area contributed by atoms with Crippen molar-refractivity contribution >= 4 is 47.2 Å². The van der Waals surface area contributed by atoms with Gasteiger partial charge in [-0.3, -0.25) is 19.2 Å². The number of alkyl carbamates (subject to hydrolysis) is 2. The summed E-state index contributed by atoms with van der Waals surface area (Å²) in [5, 5.41) is 11.6. The molecular weight excluding hydrogens is 965 g/mol. The normalized spacial score (nSPS) is 23.3. The highest BCUT2D eigenvalue weighted by Gasteiger charge is 2.51. The summed E-state index contributed by atoms with van der Waals surface area (Å²) >= 11 is 0. The molecular formula is C60H74N6O10. The summed E-state index contributed by atoms with van der Waals surface area (Å²) in [6, 6.07) is 25.8. The van der Waals surface area contributed by atoms with Crippen LogP contribution in [0.25, 0.3) is 22.3 Å². The Morgan fingerprint density at radius 3 is 1.25 bits per heavy atom. The minimum absolute atomic E-state index is 0.0974. The molecule has 0 spiro atoms. The molecule has 6 amide bonds. The number of likely N-dealkylation sites (tertiary alicyclic amines) is 2. The van der Waals surface area contributed by atoms with Crippen LogP contribution in [0.5, 0.6) is 0 Å². The highest BCUT2D eigenvalue weighted by Crippen LogP contribution is 2.43. The molecule has 4 bridgehead atoms. The number of amides is 6. The van der Waals surface area contributed by atoms with Gasteiger partial charge in [0.25, 0.3) is 0 Å². The molecule has 2 saturated carbocycles. The summed E-state index contributed by atoms with van der Waals surface area (Å²) in [6.07, 6.45) is 9.15. The zero-order valence-corrected chi connectivity index (χ0v) is 44.7. The van der Waals surface area contributed by atoms with E-state index in [4.69, 9.17) is 18.9 Å². The fourth-order valence-electron chi connectivity index (χ4n) is 12.8. The van der Waals surface area contributed by atoms with Crippen LogP contribution in [0.15, 0.2) is 84.9 Å². The second kappa shape index (κ2) is 24.0. The number of hydrogen-bond acceptors (Lipinski definition) is 10. The van der Waals surface area contributed by atoms with Crippen LogP contribution in [0.2, 0.25) is 0 Å². The number of ether oxygens (including phenoxy) is 4. The molecule has 4 N–H and O–H groups in total. The van der Waals surface area contributed by atoms with Gasteiger partial charge in [0.1, 0.15) is 24.2 Å². The van der Waals surface area contributed by atoms with Crippen molar-refractivity contribution in [3.63, 3.8) is 0 Å². The zero-order valence-electron chi connectivity index (χ0n) is 44.7. The topological polar surface area (TPSA) is 194 Å². The lowest BCUT2D eigenvalue weighted by molar-refractivity contribution is -0.144. The number of fused-ring (bicyclic) bond motifs is 2. The first-order valence-electron chi connectivity index (χ1n) is 27.2. The minimum atomic E-state index is -1.01. The molecule has 4 aromatic rings. The number of nitrogens with zero attached hydrogens (tertiary/aromatic N) is 2. The van der Waals surface area contributed by atoms with Crippen LogP contribution in [-0.2, 0) is 63.8 Å². The van der Waals surface area contributed by atoms with Gasteiger partial charge in [-0.15, -0.1) is 0 Å². The standard InChI is InChI=1S/C60H74N6O10/c1-35(73-3)53(63-59(71)75-5)57(69)65-49-13-9-7-11-43(49)33-51(65)55(67)61-45-27-23-41(24-28-45)47-31-37-15-19-39(47)21-17-38-16-20-40(22-18-37)48(32-38)42-25-29-46(30-26-42)62-56(68)52-34-44-12-8-10-14-50(44)66(52)58(70)54(36(2)74-4)64-60(72)76-6/h15-16,19-20,23-32,35-36,43-44,49-54H,7-14,17-18,21-22,33-34H2,1-6H3,(H,61,67)(H,62,68)(H,63,71)(H,64,72)/t35-,36-,43+,44+,49+,50+,51+,52+,53+,54+/m1/s1. The second-order valence-electron chi connectivity index (χ2n) is 21.4. The third kappa shape index (κ3) is 11.6. The van der Waals surface area contributed by atoms with Crippen LogP contribution in [-0.4, -0.2) is 123 Å². The van der Waals surface area contributed by atoms with Crippen LogP contribution in [0.1, 0.15) is 100 Å². The van der Waals surface area contributed by atoms with Gasteiger partial charge in [0.05, 0.1) is 26.4 Å². The molecule has 16 heteroatoms. The summed E-state index contributed by atoms with van der Waals surface area (Å²) in [6.45, 7) is 3.44. The third-order valence-corrected chi connectivity index (χ3v) is 17.1. The number of hydrogen-bond donors (Lipinski definition) is 4. The number of carbonyl (C=O) groups excluding carboxylic acids is 6. The van der Waals surface area contributed by atoms with E-state index in [1.54, 1.807) is 23.6 Å². The van der Waals surface area contributed by atoms with Crippen molar-refractivity contribution in [3.05, 3.63) is 107 Å². The number of carbonyl (C=O) groups is 6. The molecule has 4 aromatic carbocycles. The molecule has 404 valence electrons. The largest absolute Gasteiger partial charge is 0.453 e. The maximum atomic E-state index is 14.3. The Bertz CT molecular complexity index is 2580. The predicted molar refractivity (Wildman–Crippen MR) is 289 cm³/mol. The second-order valence-corrected chi connectivity index (χ2v) is 21.4. The van der Waals surface area contributed by atoms with Gasteiger partial charge in [0.2, 0.25) is 23.6 Å². The molecule has 12 rings (SSSR count). The van der Waals surface area contributed by atoms with E-state index in [9.17, 15) is 28.8 Å². The Labute approximate surface area is 446 Å². The van der Waals surface area contributed by atoms with E-state index in [0.717, 1.165) is 99.3 Å². The Hall–Kier alpha value is -6.78. The first kappa shape index (κ1) is 54.0. The van der Waals surface area contributed by atoms with E-state index >= 15 is 0 Å². The number of nitrogens with one attached hydrogen (secondary N) is 4. The zero-order chi connectivity index (χ0) is 53.6. The van der Waals surface area contributed by atoms with Crippen molar-refractivity contribution in [1.82, 2.24) is 20.4 Å². The van der Waals surface area contributed by atoms with Crippen LogP contribution >= 0.6 is 0 Å². The maximum absolute atomic E-state index is 14.3. The SMILES string of the molecule is COC(=O)N[C@H](C(=O)N1[C@H](C(=O)Nc2ccc(-c3cc4ccc3CCc3ccc(c(-c5ccc(NC(=O)[C@@H]6C[C@@H]7CCCC[C@@H]7N6C(=O)[C@@H](NC(=O)OC)[C@@H](C)OC)cc5)c3)CC4)cc2)C[C@@H]2CCCC[C@@H]21)[C@@H](C)OC. The van der Waals surface area contributed by atoms with E-state index in [1.807, 2.05) is 24.3 Å². The lowest BCUT2D eigenvalue weighted by Gasteiger charge is -2.37. The van der Waals surface area contributed by atoms with Crippen molar-refractivity contribution in [1.29, 1.82) is 0 Å². The lowest BCUT2D eigenvalue weighted by atomic mass is 9.84. The van der Waals surface area contributed by atoms with Crippen molar-refractivity contribution < 1.29 is 47.7 Å². The van der Waals surface area contributed by atoms with Gasteiger partial charge >= 0.3 is 12.2 Å². The highest BCUT2D eigenvalue weighted by molar-refractivity contribution is 6.00. The Morgan fingerprint density at radius 1 is 0.500 bits per heavy atom. The molecule has 10 atom stereocenters. The minimum Gasteiger partial charge on any atom is -0.453 e. The fourth-order valence-corrected chi connectivity index (χ4v) is 12.8. The molecule has 6 aliphatic carbocycles. The highest BCUT2D eigenvalue weighted by atomic mass is 16.5. The number of rotatable bonds is 14. The van der Waals surface area contributed by atoms with Crippen molar-refractivity contribution in [3.8, 4) is 22.3 Å². The van der Waals surface area contributed by atoms with Crippen LogP contribution < -0.4 is 21.3 Å².